The molecule has 0 saturated heterocycles. The van der Waals surface area contributed by atoms with Crippen LogP contribution in [0.25, 0.3) is 0 Å². The van der Waals surface area contributed by atoms with Gasteiger partial charge in [0, 0.05) is 25.2 Å². The second-order valence-corrected chi connectivity index (χ2v) is 8.38. The van der Waals surface area contributed by atoms with E-state index in [0.29, 0.717) is 36.7 Å². The number of sulfonamides is 1. The number of hydrogen-bond acceptors (Lipinski definition) is 3. The second kappa shape index (κ2) is 8.12. The van der Waals surface area contributed by atoms with Gasteiger partial charge in [-0.1, -0.05) is 32.8 Å². The Morgan fingerprint density at radius 1 is 1.21 bits per heavy atom. The minimum Gasteiger partial charge on any atom is -0.326 e. The van der Waals surface area contributed by atoms with E-state index in [4.69, 9.17) is 0 Å². The van der Waals surface area contributed by atoms with Gasteiger partial charge in [-0.3, -0.25) is 4.79 Å². The number of nitrogens with one attached hydrogen (secondary N) is 1. The van der Waals surface area contributed by atoms with Gasteiger partial charge in [0.25, 0.3) is 0 Å². The highest BCUT2D eigenvalue weighted by atomic mass is 32.2. The molecule has 0 heterocycles. The topological polar surface area (TPSA) is 66.5 Å². The van der Waals surface area contributed by atoms with E-state index in [-0.39, 0.29) is 10.8 Å². The Morgan fingerprint density at radius 3 is 2.42 bits per heavy atom. The molecular weight excluding hydrogens is 324 g/mol. The van der Waals surface area contributed by atoms with E-state index in [1.165, 1.54) is 17.1 Å². The summed E-state index contributed by atoms with van der Waals surface area (Å²) in [4.78, 5) is 12.5. The summed E-state index contributed by atoms with van der Waals surface area (Å²) in [5.41, 5.74) is 1.24. The molecule has 0 aromatic heterocycles. The summed E-state index contributed by atoms with van der Waals surface area (Å²) in [5, 5.41) is 2.86. The smallest absolute Gasteiger partial charge is 0.243 e. The van der Waals surface area contributed by atoms with E-state index in [9.17, 15) is 13.2 Å². The first-order valence-electron chi connectivity index (χ1n) is 8.79. The van der Waals surface area contributed by atoms with Crippen LogP contribution in [0.15, 0.2) is 23.1 Å². The Balaban J connectivity index is 2.17. The predicted octanol–water partition coefficient (Wildman–Crippen LogP) is 3.54. The first kappa shape index (κ1) is 18.9. The van der Waals surface area contributed by atoms with Gasteiger partial charge in [0.2, 0.25) is 15.9 Å². The van der Waals surface area contributed by atoms with Crippen LogP contribution in [0.5, 0.6) is 0 Å². The summed E-state index contributed by atoms with van der Waals surface area (Å²) < 4.78 is 26.9. The fourth-order valence-corrected chi connectivity index (χ4v) is 5.06. The summed E-state index contributed by atoms with van der Waals surface area (Å²) in [6.07, 6.45) is 5.15. The third-order valence-electron chi connectivity index (χ3n) is 4.74. The van der Waals surface area contributed by atoms with E-state index >= 15 is 0 Å². The lowest BCUT2D eigenvalue weighted by molar-refractivity contribution is -0.117. The van der Waals surface area contributed by atoms with Gasteiger partial charge in [-0.15, -0.1) is 0 Å². The van der Waals surface area contributed by atoms with E-state index in [1.54, 1.807) is 25.1 Å². The van der Waals surface area contributed by atoms with Crippen LogP contribution in [0.2, 0.25) is 0 Å². The van der Waals surface area contributed by atoms with Crippen molar-refractivity contribution in [1.29, 1.82) is 0 Å². The van der Waals surface area contributed by atoms with Crippen molar-refractivity contribution in [3.8, 4) is 0 Å². The van der Waals surface area contributed by atoms with Crippen molar-refractivity contribution in [2.45, 2.75) is 57.8 Å². The van der Waals surface area contributed by atoms with Crippen molar-refractivity contribution >= 4 is 21.6 Å². The van der Waals surface area contributed by atoms with Gasteiger partial charge in [0.15, 0.2) is 0 Å². The van der Waals surface area contributed by atoms with Crippen LogP contribution >= 0.6 is 0 Å². The van der Waals surface area contributed by atoms with Crippen LogP contribution in [0.4, 0.5) is 5.69 Å². The van der Waals surface area contributed by atoms with Crippen molar-refractivity contribution in [3.63, 3.8) is 0 Å². The number of rotatable bonds is 7. The molecule has 5 nitrogen and oxygen atoms in total. The number of anilines is 1. The molecule has 0 atom stereocenters. The summed E-state index contributed by atoms with van der Waals surface area (Å²) >= 11 is 0. The molecule has 1 aliphatic carbocycles. The van der Waals surface area contributed by atoms with Gasteiger partial charge in [-0.2, -0.15) is 4.31 Å². The zero-order valence-electron chi connectivity index (χ0n) is 14.8. The zero-order valence-corrected chi connectivity index (χ0v) is 15.7. The molecule has 1 fully saturated rings. The van der Waals surface area contributed by atoms with Gasteiger partial charge in [0.1, 0.15) is 0 Å². The molecule has 0 bridgehead atoms. The average molecular weight is 353 g/mol. The molecule has 1 aliphatic rings. The van der Waals surface area contributed by atoms with Crippen LogP contribution in [-0.4, -0.2) is 31.7 Å². The molecular formula is C18H28N2O3S. The highest BCUT2D eigenvalue weighted by Crippen LogP contribution is 2.28. The summed E-state index contributed by atoms with van der Waals surface area (Å²) in [5.74, 6) is 0.436. The summed E-state index contributed by atoms with van der Waals surface area (Å²) in [6, 6.07) is 5.10. The predicted molar refractivity (Wildman–Crippen MR) is 96.5 cm³/mol. The number of carbonyl (C=O) groups is 1. The number of aryl methyl sites for hydroxylation is 1. The van der Waals surface area contributed by atoms with Gasteiger partial charge in [-0.25, -0.2) is 8.42 Å². The molecule has 2 rings (SSSR count). The number of benzene rings is 1. The molecule has 1 saturated carbocycles. The van der Waals surface area contributed by atoms with E-state index in [0.717, 1.165) is 12.8 Å². The number of nitrogens with zero attached hydrogens (tertiary/aromatic N) is 1. The first-order chi connectivity index (χ1) is 11.4. The molecule has 134 valence electrons. The lowest BCUT2D eigenvalue weighted by Crippen LogP contribution is -2.31. The van der Waals surface area contributed by atoms with Gasteiger partial charge in [0.05, 0.1) is 4.90 Å². The highest BCUT2D eigenvalue weighted by Gasteiger charge is 2.24. The molecule has 1 amide bonds. The van der Waals surface area contributed by atoms with Crippen LogP contribution in [0.3, 0.4) is 0 Å². The Labute approximate surface area is 145 Å². The van der Waals surface area contributed by atoms with Crippen molar-refractivity contribution in [1.82, 2.24) is 4.31 Å². The Morgan fingerprint density at radius 2 is 1.83 bits per heavy atom. The van der Waals surface area contributed by atoms with Gasteiger partial charge >= 0.3 is 0 Å². The number of amides is 1. The number of carbonyl (C=O) groups excluding carboxylic acids is 1. The number of hydrogen-bond donors (Lipinski definition) is 1. The maximum absolute atomic E-state index is 12.7. The van der Waals surface area contributed by atoms with Gasteiger partial charge in [-0.05, 0) is 43.4 Å². The zero-order chi connectivity index (χ0) is 17.7. The fraction of sp³-hybridized carbons (Fsp3) is 0.611. The Kier molecular flexibility index (Phi) is 6.40. The monoisotopic (exact) mass is 352 g/mol. The van der Waals surface area contributed by atoms with Crippen molar-refractivity contribution < 1.29 is 13.2 Å². The van der Waals surface area contributed by atoms with Crippen molar-refractivity contribution in [2.75, 3.05) is 18.4 Å². The normalized spacial score (nSPS) is 15.8. The molecule has 1 N–H and O–H groups in total. The molecule has 1 aromatic rings. The lowest BCUT2D eigenvalue weighted by Gasteiger charge is -2.20. The van der Waals surface area contributed by atoms with Crippen LogP contribution < -0.4 is 5.32 Å². The largest absolute Gasteiger partial charge is 0.326 e. The third-order valence-corrected chi connectivity index (χ3v) is 6.94. The molecule has 0 unspecified atom stereocenters. The van der Waals surface area contributed by atoms with Crippen LogP contribution in [0.1, 0.15) is 51.5 Å². The van der Waals surface area contributed by atoms with Crippen LogP contribution in [0, 0.1) is 12.8 Å². The highest BCUT2D eigenvalue weighted by molar-refractivity contribution is 7.89. The maximum atomic E-state index is 12.7. The Bertz CT molecular complexity index is 676. The Hall–Kier alpha value is -1.40. The second-order valence-electron chi connectivity index (χ2n) is 6.47. The quantitative estimate of drug-likeness (QED) is 0.816. The van der Waals surface area contributed by atoms with E-state index in [1.807, 2.05) is 13.8 Å². The van der Waals surface area contributed by atoms with E-state index < -0.39 is 10.0 Å². The standard InChI is InChI=1S/C18H28N2O3S/c1-4-20(5-2)24(22,23)17-13-16(11-10-14(17)3)19-18(21)12-15-8-6-7-9-15/h10-11,13,15H,4-9,12H2,1-3H3,(H,19,21). The molecule has 1 aromatic carbocycles. The summed E-state index contributed by atoms with van der Waals surface area (Å²) in [6.45, 7) is 6.28. The molecule has 24 heavy (non-hydrogen) atoms. The molecule has 0 aliphatic heterocycles. The third kappa shape index (κ3) is 4.36. The van der Waals surface area contributed by atoms with Crippen molar-refractivity contribution in [3.05, 3.63) is 23.8 Å². The van der Waals surface area contributed by atoms with Crippen LogP contribution in [-0.2, 0) is 14.8 Å². The fourth-order valence-electron chi connectivity index (χ4n) is 3.35. The minimum absolute atomic E-state index is 0.0306. The van der Waals surface area contributed by atoms with Gasteiger partial charge < -0.3 is 5.32 Å². The molecule has 0 radical (unpaired) electrons. The first-order valence-corrected chi connectivity index (χ1v) is 10.2. The summed E-state index contributed by atoms with van der Waals surface area (Å²) in [7, 11) is -3.53. The maximum Gasteiger partial charge on any atom is 0.243 e. The average Bonchev–Trinajstić information content (AvgIpc) is 3.02. The van der Waals surface area contributed by atoms with E-state index in [2.05, 4.69) is 5.32 Å². The minimum atomic E-state index is -3.53. The lowest BCUT2D eigenvalue weighted by atomic mass is 10.0. The SMILES string of the molecule is CCN(CC)S(=O)(=O)c1cc(NC(=O)CC2CCCC2)ccc1C. The van der Waals surface area contributed by atoms with Crippen molar-refractivity contribution in [2.24, 2.45) is 5.92 Å². The molecule has 0 spiro atoms. The molecule has 6 heteroatoms.